The van der Waals surface area contributed by atoms with Gasteiger partial charge in [0, 0.05) is 32.5 Å². The maximum Gasteiger partial charge on any atom is 0.224 e. The molecule has 1 rings (SSSR count). The van der Waals surface area contributed by atoms with Crippen molar-refractivity contribution in [1.82, 2.24) is 9.97 Å². The zero-order valence-electron chi connectivity index (χ0n) is 11.6. The molecule has 0 unspecified atom stereocenters. The van der Waals surface area contributed by atoms with Crippen molar-refractivity contribution in [2.24, 2.45) is 5.92 Å². The van der Waals surface area contributed by atoms with Crippen molar-refractivity contribution in [3.05, 3.63) is 12.3 Å². The molecule has 0 saturated heterocycles. The van der Waals surface area contributed by atoms with E-state index in [4.69, 9.17) is 4.74 Å². The van der Waals surface area contributed by atoms with Gasteiger partial charge >= 0.3 is 0 Å². The molecule has 5 nitrogen and oxygen atoms in total. The summed E-state index contributed by atoms with van der Waals surface area (Å²) in [6.07, 6.45) is 2.73. The number of nitrogens with zero attached hydrogens (tertiary/aromatic N) is 2. The smallest absolute Gasteiger partial charge is 0.224 e. The Kier molecular flexibility index (Phi) is 7.10. The second-order valence-electron chi connectivity index (χ2n) is 4.54. The lowest BCUT2D eigenvalue weighted by Crippen LogP contribution is -2.10. The molecule has 0 spiro atoms. The Hall–Kier alpha value is -1.36. The Labute approximate surface area is 109 Å². The van der Waals surface area contributed by atoms with Crippen molar-refractivity contribution in [3.8, 4) is 0 Å². The molecule has 0 aliphatic carbocycles. The zero-order valence-corrected chi connectivity index (χ0v) is 11.6. The van der Waals surface area contributed by atoms with E-state index in [1.165, 1.54) is 0 Å². The highest BCUT2D eigenvalue weighted by Crippen LogP contribution is 2.05. The van der Waals surface area contributed by atoms with E-state index < -0.39 is 0 Å². The van der Waals surface area contributed by atoms with Crippen LogP contribution in [0.25, 0.3) is 0 Å². The van der Waals surface area contributed by atoms with Gasteiger partial charge in [0.15, 0.2) is 0 Å². The predicted octanol–water partition coefficient (Wildman–Crippen LogP) is 2.38. The molecule has 0 bridgehead atoms. The molecule has 0 fully saturated rings. The molecule has 1 aromatic heterocycles. The van der Waals surface area contributed by atoms with Gasteiger partial charge in [-0.2, -0.15) is 4.98 Å². The summed E-state index contributed by atoms with van der Waals surface area (Å²) >= 11 is 0. The standard InChI is InChI=1S/C13H24N4O/c1-4-14-13-16-8-6-12(17-13)15-7-5-9-18-10-11(2)3/h6,8,11H,4-5,7,9-10H2,1-3H3,(H2,14,15,16,17). The molecule has 0 aromatic carbocycles. The van der Waals surface area contributed by atoms with Gasteiger partial charge in [0.25, 0.3) is 0 Å². The van der Waals surface area contributed by atoms with Gasteiger partial charge in [-0.15, -0.1) is 0 Å². The van der Waals surface area contributed by atoms with E-state index in [0.29, 0.717) is 11.9 Å². The lowest BCUT2D eigenvalue weighted by Gasteiger charge is -2.08. The SMILES string of the molecule is CCNc1nccc(NCCCOCC(C)C)n1. The minimum Gasteiger partial charge on any atom is -0.381 e. The Morgan fingerprint density at radius 1 is 1.33 bits per heavy atom. The van der Waals surface area contributed by atoms with E-state index in [2.05, 4.69) is 34.4 Å². The number of aromatic nitrogens is 2. The van der Waals surface area contributed by atoms with Crippen molar-refractivity contribution >= 4 is 11.8 Å². The fourth-order valence-corrected chi connectivity index (χ4v) is 1.41. The Morgan fingerprint density at radius 3 is 2.89 bits per heavy atom. The first kappa shape index (κ1) is 14.7. The molecule has 0 atom stereocenters. The Bertz CT molecular complexity index is 331. The third-order valence-corrected chi connectivity index (χ3v) is 2.21. The molecule has 18 heavy (non-hydrogen) atoms. The lowest BCUT2D eigenvalue weighted by atomic mass is 10.2. The predicted molar refractivity (Wildman–Crippen MR) is 75.0 cm³/mol. The highest BCUT2D eigenvalue weighted by atomic mass is 16.5. The average molecular weight is 252 g/mol. The van der Waals surface area contributed by atoms with Gasteiger partial charge < -0.3 is 15.4 Å². The summed E-state index contributed by atoms with van der Waals surface area (Å²) in [5.41, 5.74) is 0. The fourth-order valence-electron chi connectivity index (χ4n) is 1.41. The second kappa shape index (κ2) is 8.69. The molecule has 102 valence electrons. The number of nitrogens with one attached hydrogen (secondary N) is 2. The summed E-state index contributed by atoms with van der Waals surface area (Å²) in [6.45, 7) is 9.64. The van der Waals surface area contributed by atoms with Gasteiger partial charge in [-0.25, -0.2) is 4.98 Å². The van der Waals surface area contributed by atoms with Gasteiger partial charge in [0.05, 0.1) is 0 Å². The second-order valence-corrected chi connectivity index (χ2v) is 4.54. The lowest BCUT2D eigenvalue weighted by molar-refractivity contribution is 0.110. The number of hydrogen-bond acceptors (Lipinski definition) is 5. The largest absolute Gasteiger partial charge is 0.381 e. The van der Waals surface area contributed by atoms with Crippen LogP contribution in [0.1, 0.15) is 27.2 Å². The van der Waals surface area contributed by atoms with E-state index in [1.54, 1.807) is 6.20 Å². The van der Waals surface area contributed by atoms with Crippen LogP contribution < -0.4 is 10.6 Å². The number of hydrogen-bond donors (Lipinski definition) is 2. The van der Waals surface area contributed by atoms with Gasteiger partial charge in [-0.05, 0) is 25.3 Å². The molecule has 0 aliphatic rings. The van der Waals surface area contributed by atoms with Crippen LogP contribution in [0.5, 0.6) is 0 Å². The van der Waals surface area contributed by atoms with Crippen molar-refractivity contribution in [1.29, 1.82) is 0 Å². The summed E-state index contributed by atoms with van der Waals surface area (Å²) in [5.74, 6) is 2.12. The third kappa shape index (κ3) is 6.39. The van der Waals surface area contributed by atoms with Gasteiger partial charge in [-0.3, -0.25) is 0 Å². The zero-order chi connectivity index (χ0) is 13.2. The topological polar surface area (TPSA) is 59.1 Å². The minimum atomic E-state index is 0.600. The van der Waals surface area contributed by atoms with Crippen molar-refractivity contribution in [2.45, 2.75) is 27.2 Å². The van der Waals surface area contributed by atoms with E-state index >= 15 is 0 Å². The van der Waals surface area contributed by atoms with Crippen LogP contribution in [0.15, 0.2) is 12.3 Å². The van der Waals surface area contributed by atoms with Crippen molar-refractivity contribution in [3.63, 3.8) is 0 Å². The van der Waals surface area contributed by atoms with E-state index in [-0.39, 0.29) is 0 Å². The number of rotatable bonds is 9. The highest BCUT2D eigenvalue weighted by Gasteiger charge is 1.97. The fraction of sp³-hybridized carbons (Fsp3) is 0.692. The van der Waals surface area contributed by atoms with E-state index in [9.17, 15) is 0 Å². The molecule has 0 radical (unpaired) electrons. The summed E-state index contributed by atoms with van der Waals surface area (Å²) in [6, 6.07) is 1.87. The van der Waals surface area contributed by atoms with Crippen LogP contribution in [-0.2, 0) is 4.74 Å². The molecule has 1 aromatic rings. The first-order valence-corrected chi connectivity index (χ1v) is 6.61. The first-order chi connectivity index (χ1) is 8.72. The van der Waals surface area contributed by atoms with Crippen LogP contribution in [0, 0.1) is 5.92 Å². The molecule has 2 N–H and O–H groups in total. The van der Waals surface area contributed by atoms with Gasteiger partial charge in [0.2, 0.25) is 5.95 Å². The molecule has 1 heterocycles. The monoisotopic (exact) mass is 252 g/mol. The minimum absolute atomic E-state index is 0.600. The Morgan fingerprint density at radius 2 is 2.17 bits per heavy atom. The average Bonchev–Trinajstić information content (AvgIpc) is 2.34. The molecular formula is C13H24N4O. The summed E-state index contributed by atoms with van der Waals surface area (Å²) in [7, 11) is 0. The summed E-state index contributed by atoms with van der Waals surface area (Å²) in [5, 5.41) is 6.34. The van der Waals surface area contributed by atoms with Crippen LogP contribution in [0.4, 0.5) is 11.8 Å². The summed E-state index contributed by atoms with van der Waals surface area (Å²) < 4.78 is 5.51. The number of anilines is 2. The highest BCUT2D eigenvalue weighted by molar-refractivity contribution is 5.39. The summed E-state index contributed by atoms with van der Waals surface area (Å²) in [4.78, 5) is 8.45. The van der Waals surface area contributed by atoms with Crippen LogP contribution in [-0.4, -0.2) is 36.3 Å². The number of ether oxygens (including phenoxy) is 1. The van der Waals surface area contributed by atoms with Crippen LogP contribution >= 0.6 is 0 Å². The Balaban J connectivity index is 2.16. The molecule has 0 saturated carbocycles. The molecule has 0 amide bonds. The maximum absolute atomic E-state index is 5.51. The van der Waals surface area contributed by atoms with Gasteiger partial charge in [-0.1, -0.05) is 13.8 Å². The third-order valence-electron chi connectivity index (χ3n) is 2.21. The molecular weight excluding hydrogens is 228 g/mol. The first-order valence-electron chi connectivity index (χ1n) is 6.61. The maximum atomic E-state index is 5.51. The quantitative estimate of drug-likeness (QED) is 0.661. The van der Waals surface area contributed by atoms with E-state index in [1.807, 2.05) is 13.0 Å². The van der Waals surface area contributed by atoms with Crippen molar-refractivity contribution < 1.29 is 4.74 Å². The van der Waals surface area contributed by atoms with Crippen molar-refractivity contribution in [2.75, 3.05) is 36.9 Å². The molecule has 5 heteroatoms. The molecule has 0 aliphatic heterocycles. The van der Waals surface area contributed by atoms with Gasteiger partial charge in [0.1, 0.15) is 5.82 Å². The van der Waals surface area contributed by atoms with E-state index in [0.717, 1.165) is 38.5 Å². The van der Waals surface area contributed by atoms with Crippen LogP contribution in [0.2, 0.25) is 0 Å². The van der Waals surface area contributed by atoms with Crippen LogP contribution in [0.3, 0.4) is 0 Å². The normalized spacial score (nSPS) is 10.7.